The van der Waals surface area contributed by atoms with Crippen molar-refractivity contribution >= 4 is 0 Å². The average Bonchev–Trinajstić information content (AvgIpc) is 2.61. The summed E-state index contributed by atoms with van der Waals surface area (Å²) in [6.45, 7) is 12.3. The number of hydrogen-bond acceptors (Lipinski definition) is 2. The molecule has 1 saturated carbocycles. The monoisotopic (exact) mass is 328 g/mol. The highest BCUT2D eigenvalue weighted by molar-refractivity contribution is 5.29. The van der Waals surface area contributed by atoms with Gasteiger partial charge in [0.05, 0.1) is 11.7 Å². The third kappa shape index (κ3) is 3.15. The summed E-state index contributed by atoms with van der Waals surface area (Å²) in [7, 11) is 0. The highest BCUT2D eigenvalue weighted by Gasteiger charge is 2.51. The SMILES string of the molecule is CC(NC1(c2ccccc2)CCCC(C)C1(C)C)N1CCCCC1. The number of rotatable bonds is 4. The fraction of sp³-hybridized carbons (Fsp3) is 0.727. The lowest BCUT2D eigenvalue weighted by Crippen LogP contribution is -2.63. The second-order valence-electron chi connectivity index (χ2n) is 8.70. The van der Waals surface area contributed by atoms with E-state index in [4.69, 9.17) is 0 Å². The maximum absolute atomic E-state index is 4.16. The van der Waals surface area contributed by atoms with Crippen LogP contribution in [0.5, 0.6) is 0 Å². The second kappa shape index (κ2) is 7.17. The molecule has 2 fully saturated rings. The molecule has 1 N–H and O–H groups in total. The van der Waals surface area contributed by atoms with Crippen LogP contribution < -0.4 is 5.32 Å². The lowest BCUT2D eigenvalue weighted by molar-refractivity contribution is -0.0214. The highest BCUT2D eigenvalue weighted by atomic mass is 15.3. The number of likely N-dealkylation sites (tertiary alicyclic amines) is 1. The molecule has 3 atom stereocenters. The minimum Gasteiger partial charge on any atom is -0.292 e. The molecule has 1 heterocycles. The quantitative estimate of drug-likeness (QED) is 0.822. The van der Waals surface area contributed by atoms with Crippen LogP contribution in [0.1, 0.15) is 71.8 Å². The van der Waals surface area contributed by atoms with Gasteiger partial charge in [0, 0.05) is 0 Å². The molecule has 0 amide bonds. The van der Waals surface area contributed by atoms with Crippen molar-refractivity contribution < 1.29 is 0 Å². The van der Waals surface area contributed by atoms with Gasteiger partial charge < -0.3 is 0 Å². The summed E-state index contributed by atoms with van der Waals surface area (Å²) in [5.41, 5.74) is 1.80. The Morgan fingerprint density at radius 3 is 2.38 bits per heavy atom. The molecular weight excluding hydrogens is 292 g/mol. The van der Waals surface area contributed by atoms with E-state index in [0.717, 1.165) is 5.92 Å². The summed E-state index contributed by atoms with van der Waals surface area (Å²) in [5, 5.41) is 4.16. The number of benzene rings is 1. The molecule has 134 valence electrons. The smallest absolute Gasteiger partial charge is 0.0574 e. The summed E-state index contributed by atoms with van der Waals surface area (Å²) in [6.07, 6.45) is 8.45. The molecule has 0 spiro atoms. The number of piperidine rings is 1. The molecule has 0 aromatic heterocycles. The minimum absolute atomic E-state index is 0.0722. The summed E-state index contributed by atoms with van der Waals surface area (Å²) in [4.78, 5) is 2.66. The van der Waals surface area contributed by atoms with Crippen LogP contribution in [0.25, 0.3) is 0 Å². The van der Waals surface area contributed by atoms with E-state index in [2.05, 4.69) is 68.2 Å². The second-order valence-corrected chi connectivity index (χ2v) is 8.70. The van der Waals surface area contributed by atoms with Crippen molar-refractivity contribution in [3.05, 3.63) is 35.9 Å². The molecule has 24 heavy (non-hydrogen) atoms. The van der Waals surface area contributed by atoms with Gasteiger partial charge >= 0.3 is 0 Å². The van der Waals surface area contributed by atoms with Crippen LogP contribution in [0.3, 0.4) is 0 Å². The van der Waals surface area contributed by atoms with Gasteiger partial charge in [0.25, 0.3) is 0 Å². The van der Waals surface area contributed by atoms with Gasteiger partial charge in [-0.05, 0) is 56.2 Å². The van der Waals surface area contributed by atoms with E-state index < -0.39 is 0 Å². The van der Waals surface area contributed by atoms with Crippen molar-refractivity contribution in [3.63, 3.8) is 0 Å². The lowest BCUT2D eigenvalue weighted by atomic mass is 9.55. The lowest BCUT2D eigenvalue weighted by Gasteiger charge is -2.56. The van der Waals surface area contributed by atoms with E-state index in [1.165, 1.54) is 57.2 Å². The summed E-state index contributed by atoms with van der Waals surface area (Å²) in [5.74, 6) is 0.729. The third-order valence-corrected chi connectivity index (χ3v) is 7.18. The van der Waals surface area contributed by atoms with Crippen molar-refractivity contribution in [2.75, 3.05) is 13.1 Å². The molecule has 3 rings (SSSR count). The van der Waals surface area contributed by atoms with Crippen LogP contribution in [-0.4, -0.2) is 24.2 Å². The molecule has 1 aromatic rings. The Labute approximate surface area is 149 Å². The number of nitrogens with one attached hydrogen (secondary N) is 1. The zero-order chi connectivity index (χ0) is 17.2. The standard InChI is InChI=1S/C22H36N2/c1-18-12-11-15-22(21(18,3)4,20-13-7-5-8-14-20)23-19(2)24-16-9-6-10-17-24/h5,7-8,13-14,18-19,23H,6,9-12,15-17H2,1-4H3. The first-order valence-electron chi connectivity index (χ1n) is 10.0. The zero-order valence-electron chi connectivity index (χ0n) is 16.1. The van der Waals surface area contributed by atoms with Crippen molar-refractivity contribution in [2.24, 2.45) is 11.3 Å². The van der Waals surface area contributed by atoms with Gasteiger partial charge in [0.1, 0.15) is 0 Å². The maximum atomic E-state index is 4.16. The fourth-order valence-corrected chi connectivity index (χ4v) is 5.11. The minimum atomic E-state index is 0.0722. The van der Waals surface area contributed by atoms with E-state index in [1.54, 1.807) is 0 Å². The van der Waals surface area contributed by atoms with Gasteiger partial charge in [-0.15, -0.1) is 0 Å². The molecule has 2 nitrogen and oxygen atoms in total. The summed E-state index contributed by atoms with van der Waals surface area (Å²) < 4.78 is 0. The van der Waals surface area contributed by atoms with Gasteiger partial charge in [-0.1, -0.05) is 70.4 Å². The predicted octanol–water partition coefficient (Wildman–Crippen LogP) is 5.15. The predicted molar refractivity (Wildman–Crippen MR) is 103 cm³/mol. The molecular formula is C22H36N2. The van der Waals surface area contributed by atoms with Gasteiger partial charge in [-0.3, -0.25) is 10.2 Å². The van der Waals surface area contributed by atoms with Crippen molar-refractivity contribution in [1.82, 2.24) is 10.2 Å². The first-order chi connectivity index (χ1) is 11.5. The number of nitrogens with zero attached hydrogens (tertiary/aromatic N) is 1. The zero-order valence-corrected chi connectivity index (χ0v) is 16.1. The molecule has 1 aliphatic heterocycles. The van der Waals surface area contributed by atoms with E-state index in [1.807, 2.05) is 0 Å². The van der Waals surface area contributed by atoms with Crippen LogP contribution in [0, 0.1) is 11.3 Å². The van der Waals surface area contributed by atoms with Crippen LogP contribution in [0.15, 0.2) is 30.3 Å². The normalized spacial score (nSPS) is 32.4. The Hall–Kier alpha value is -0.860. The third-order valence-electron chi connectivity index (χ3n) is 7.18. The van der Waals surface area contributed by atoms with E-state index in [0.29, 0.717) is 6.17 Å². The summed E-state index contributed by atoms with van der Waals surface area (Å²) >= 11 is 0. The van der Waals surface area contributed by atoms with Crippen molar-refractivity contribution in [2.45, 2.75) is 77.9 Å². The van der Waals surface area contributed by atoms with Crippen LogP contribution in [0.4, 0.5) is 0 Å². The Morgan fingerprint density at radius 1 is 1.04 bits per heavy atom. The van der Waals surface area contributed by atoms with Crippen LogP contribution in [0.2, 0.25) is 0 Å². The first kappa shape index (κ1) is 17.9. The fourth-order valence-electron chi connectivity index (χ4n) is 5.11. The average molecular weight is 329 g/mol. The first-order valence-corrected chi connectivity index (χ1v) is 10.0. The molecule has 0 bridgehead atoms. The van der Waals surface area contributed by atoms with Crippen molar-refractivity contribution in [1.29, 1.82) is 0 Å². The van der Waals surface area contributed by atoms with Crippen LogP contribution >= 0.6 is 0 Å². The Kier molecular flexibility index (Phi) is 5.36. The molecule has 1 aromatic carbocycles. The summed E-state index contributed by atoms with van der Waals surface area (Å²) in [6, 6.07) is 11.2. The Bertz CT molecular complexity index is 518. The topological polar surface area (TPSA) is 15.3 Å². The molecule has 1 aliphatic carbocycles. The molecule has 3 unspecified atom stereocenters. The van der Waals surface area contributed by atoms with Gasteiger partial charge in [-0.25, -0.2) is 0 Å². The maximum Gasteiger partial charge on any atom is 0.0574 e. The van der Waals surface area contributed by atoms with Gasteiger partial charge in [0.15, 0.2) is 0 Å². The van der Waals surface area contributed by atoms with E-state index in [9.17, 15) is 0 Å². The molecule has 2 aliphatic rings. The van der Waals surface area contributed by atoms with Crippen LogP contribution in [-0.2, 0) is 5.54 Å². The number of hydrogen-bond donors (Lipinski definition) is 1. The Morgan fingerprint density at radius 2 is 1.71 bits per heavy atom. The highest BCUT2D eigenvalue weighted by Crippen LogP contribution is 2.53. The molecule has 0 radical (unpaired) electrons. The molecule has 1 saturated heterocycles. The van der Waals surface area contributed by atoms with E-state index in [-0.39, 0.29) is 11.0 Å². The van der Waals surface area contributed by atoms with Gasteiger partial charge in [0.2, 0.25) is 0 Å². The largest absolute Gasteiger partial charge is 0.292 e. The molecule has 2 heteroatoms. The Balaban J connectivity index is 1.93. The van der Waals surface area contributed by atoms with Crippen molar-refractivity contribution in [3.8, 4) is 0 Å². The van der Waals surface area contributed by atoms with E-state index >= 15 is 0 Å². The van der Waals surface area contributed by atoms with Gasteiger partial charge in [-0.2, -0.15) is 0 Å².